The van der Waals surface area contributed by atoms with Gasteiger partial charge in [0.15, 0.2) is 17.5 Å². The van der Waals surface area contributed by atoms with Gasteiger partial charge in [0.05, 0.1) is 0 Å². The van der Waals surface area contributed by atoms with Crippen LogP contribution in [0.1, 0.15) is 0 Å². The molecule has 0 spiro atoms. The molecule has 10 aromatic rings. The number of fused-ring (bicyclic) bond motifs is 5. The van der Waals surface area contributed by atoms with Crippen molar-refractivity contribution in [2.45, 2.75) is 0 Å². The molecular formula is C47H29N3O. The van der Waals surface area contributed by atoms with Crippen LogP contribution in [0.4, 0.5) is 0 Å². The molecule has 0 aliphatic rings. The number of furan rings is 1. The van der Waals surface area contributed by atoms with Crippen LogP contribution in [0.3, 0.4) is 0 Å². The molecule has 8 aromatic carbocycles. The zero-order valence-corrected chi connectivity index (χ0v) is 27.5. The zero-order chi connectivity index (χ0) is 33.7. The Morgan fingerprint density at radius 1 is 0.314 bits per heavy atom. The molecule has 51 heavy (non-hydrogen) atoms. The van der Waals surface area contributed by atoms with Crippen molar-refractivity contribution in [3.63, 3.8) is 0 Å². The fraction of sp³-hybridized carbons (Fsp3) is 0. The highest BCUT2D eigenvalue weighted by Crippen LogP contribution is 2.39. The summed E-state index contributed by atoms with van der Waals surface area (Å²) in [6.45, 7) is 0. The van der Waals surface area contributed by atoms with E-state index in [0.717, 1.165) is 44.0 Å². The molecule has 0 radical (unpaired) electrons. The maximum atomic E-state index is 6.22. The molecule has 0 bridgehead atoms. The normalized spacial score (nSPS) is 11.5. The van der Waals surface area contributed by atoms with Crippen LogP contribution in [0.15, 0.2) is 180 Å². The molecule has 0 aliphatic carbocycles. The van der Waals surface area contributed by atoms with E-state index in [4.69, 9.17) is 19.4 Å². The van der Waals surface area contributed by atoms with Gasteiger partial charge in [0.25, 0.3) is 0 Å². The number of aromatic nitrogens is 3. The molecule has 0 atom stereocenters. The summed E-state index contributed by atoms with van der Waals surface area (Å²) in [5.41, 5.74) is 9.25. The second-order valence-corrected chi connectivity index (χ2v) is 12.8. The van der Waals surface area contributed by atoms with Crippen LogP contribution in [0, 0.1) is 0 Å². The van der Waals surface area contributed by atoms with E-state index in [1.165, 1.54) is 38.4 Å². The molecule has 2 aromatic heterocycles. The summed E-state index contributed by atoms with van der Waals surface area (Å²) >= 11 is 0. The number of benzene rings is 8. The van der Waals surface area contributed by atoms with Gasteiger partial charge in [-0.1, -0.05) is 158 Å². The van der Waals surface area contributed by atoms with Gasteiger partial charge in [0.1, 0.15) is 11.2 Å². The SMILES string of the molecule is c1ccc(-c2nc(-c3ccc4c(-c5cccc6c(-c7ccccc7)cccc56)cccc4c3)nc(-c3cccc4oc5ccccc5c34)n2)cc1. The molecule has 0 saturated heterocycles. The van der Waals surface area contributed by atoms with Crippen molar-refractivity contribution in [2.24, 2.45) is 0 Å². The van der Waals surface area contributed by atoms with Crippen molar-refractivity contribution >= 4 is 43.5 Å². The van der Waals surface area contributed by atoms with Gasteiger partial charge in [-0.05, 0) is 62.0 Å². The van der Waals surface area contributed by atoms with E-state index in [1.54, 1.807) is 0 Å². The quantitative estimate of drug-likeness (QED) is 0.186. The van der Waals surface area contributed by atoms with Crippen molar-refractivity contribution in [3.05, 3.63) is 176 Å². The minimum Gasteiger partial charge on any atom is -0.456 e. The summed E-state index contributed by atoms with van der Waals surface area (Å²) in [6.07, 6.45) is 0. The smallest absolute Gasteiger partial charge is 0.164 e. The zero-order valence-electron chi connectivity index (χ0n) is 27.5. The van der Waals surface area contributed by atoms with Crippen LogP contribution in [0.2, 0.25) is 0 Å². The minimum atomic E-state index is 0.606. The van der Waals surface area contributed by atoms with Crippen LogP contribution >= 0.6 is 0 Å². The third kappa shape index (κ3) is 4.96. The van der Waals surface area contributed by atoms with Crippen molar-refractivity contribution in [1.29, 1.82) is 0 Å². The molecule has 10 rings (SSSR count). The lowest BCUT2D eigenvalue weighted by molar-refractivity contribution is 0.669. The summed E-state index contributed by atoms with van der Waals surface area (Å²) in [6, 6.07) is 61.1. The average molecular weight is 652 g/mol. The predicted molar refractivity (Wildman–Crippen MR) is 209 cm³/mol. The Hall–Kier alpha value is -6.91. The fourth-order valence-electron chi connectivity index (χ4n) is 7.37. The highest BCUT2D eigenvalue weighted by molar-refractivity contribution is 6.12. The summed E-state index contributed by atoms with van der Waals surface area (Å²) in [5.74, 6) is 1.85. The number of rotatable bonds is 5. The molecule has 4 nitrogen and oxygen atoms in total. The molecule has 0 unspecified atom stereocenters. The van der Waals surface area contributed by atoms with Crippen LogP contribution < -0.4 is 0 Å². The van der Waals surface area contributed by atoms with Gasteiger partial charge in [0, 0.05) is 27.5 Å². The standard InChI is InChI=1S/C47H29N3O/c1-3-13-30(14-4-1)34-19-10-22-38-36(34)21-11-23-39(38)37-20-9-17-32-29-33(27-28-35(32)37)46-48-45(31-15-5-2-6-16-31)49-47(50-46)41-24-12-26-43-44(41)40-18-7-8-25-42(40)51-43/h1-29H. The molecule has 0 amide bonds. The Labute approximate surface area is 294 Å². The van der Waals surface area contributed by atoms with Crippen LogP contribution in [0.5, 0.6) is 0 Å². The average Bonchev–Trinajstić information content (AvgIpc) is 3.59. The Morgan fingerprint density at radius 3 is 1.67 bits per heavy atom. The Kier molecular flexibility index (Phi) is 6.78. The van der Waals surface area contributed by atoms with Gasteiger partial charge in [-0.2, -0.15) is 0 Å². The Morgan fingerprint density at radius 2 is 0.863 bits per heavy atom. The molecule has 4 heteroatoms. The van der Waals surface area contributed by atoms with Crippen molar-refractivity contribution < 1.29 is 4.42 Å². The summed E-state index contributed by atoms with van der Waals surface area (Å²) in [5, 5.41) is 6.79. The van der Waals surface area contributed by atoms with Gasteiger partial charge >= 0.3 is 0 Å². The topological polar surface area (TPSA) is 51.8 Å². The molecule has 0 saturated carbocycles. The maximum Gasteiger partial charge on any atom is 0.164 e. The molecule has 2 heterocycles. The van der Waals surface area contributed by atoms with E-state index >= 15 is 0 Å². The maximum absolute atomic E-state index is 6.22. The first-order chi connectivity index (χ1) is 25.3. The first-order valence-electron chi connectivity index (χ1n) is 17.1. The number of nitrogens with zero attached hydrogens (tertiary/aromatic N) is 3. The lowest BCUT2D eigenvalue weighted by atomic mass is 9.90. The monoisotopic (exact) mass is 651 g/mol. The Bertz CT molecular complexity index is 2910. The predicted octanol–water partition coefficient (Wildman–Crippen LogP) is 12.4. The van der Waals surface area contributed by atoms with Gasteiger partial charge in [-0.25, -0.2) is 15.0 Å². The first-order valence-corrected chi connectivity index (χ1v) is 17.1. The van der Waals surface area contributed by atoms with Gasteiger partial charge in [-0.15, -0.1) is 0 Å². The lowest BCUT2D eigenvalue weighted by Gasteiger charge is -2.14. The molecule has 0 fully saturated rings. The summed E-state index contributed by atoms with van der Waals surface area (Å²) in [4.78, 5) is 15.2. The number of hydrogen-bond acceptors (Lipinski definition) is 4. The lowest BCUT2D eigenvalue weighted by Crippen LogP contribution is -2.00. The third-order valence-electron chi connectivity index (χ3n) is 9.75. The van der Waals surface area contributed by atoms with Gasteiger partial charge in [-0.3, -0.25) is 0 Å². The Balaban J connectivity index is 1.14. The van der Waals surface area contributed by atoms with Gasteiger partial charge < -0.3 is 4.42 Å². The van der Waals surface area contributed by atoms with Crippen LogP contribution in [-0.4, -0.2) is 15.0 Å². The third-order valence-corrected chi connectivity index (χ3v) is 9.75. The van der Waals surface area contributed by atoms with E-state index in [0.29, 0.717) is 17.5 Å². The molecule has 0 aliphatic heterocycles. The highest BCUT2D eigenvalue weighted by Gasteiger charge is 2.18. The van der Waals surface area contributed by atoms with Crippen LogP contribution in [0.25, 0.3) is 99.9 Å². The second-order valence-electron chi connectivity index (χ2n) is 12.8. The number of hydrogen-bond donors (Lipinski definition) is 0. The molecular weight excluding hydrogens is 623 g/mol. The van der Waals surface area contributed by atoms with Crippen molar-refractivity contribution in [2.75, 3.05) is 0 Å². The van der Waals surface area contributed by atoms with E-state index < -0.39 is 0 Å². The number of para-hydroxylation sites is 1. The largest absolute Gasteiger partial charge is 0.456 e. The van der Waals surface area contributed by atoms with E-state index in [1.807, 2.05) is 60.7 Å². The van der Waals surface area contributed by atoms with Crippen molar-refractivity contribution in [3.8, 4) is 56.4 Å². The van der Waals surface area contributed by atoms with Gasteiger partial charge in [0.2, 0.25) is 0 Å². The van der Waals surface area contributed by atoms with E-state index in [-0.39, 0.29) is 0 Å². The van der Waals surface area contributed by atoms with Crippen molar-refractivity contribution in [1.82, 2.24) is 15.0 Å². The fourth-order valence-corrected chi connectivity index (χ4v) is 7.37. The summed E-state index contributed by atoms with van der Waals surface area (Å²) < 4.78 is 6.22. The second kappa shape index (κ2) is 11.9. The molecule has 238 valence electrons. The van der Waals surface area contributed by atoms with E-state index in [9.17, 15) is 0 Å². The minimum absolute atomic E-state index is 0.606. The first kappa shape index (κ1) is 29.0. The van der Waals surface area contributed by atoms with Crippen LogP contribution in [-0.2, 0) is 0 Å². The highest BCUT2D eigenvalue weighted by atomic mass is 16.3. The summed E-state index contributed by atoms with van der Waals surface area (Å²) in [7, 11) is 0. The van der Waals surface area contributed by atoms with E-state index in [2.05, 4.69) is 115 Å². The molecule has 0 N–H and O–H groups in total.